The van der Waals surface area contributed by atoms with Crippen LogP contribution in [-0.4, -0.2) is 11.1 Å². The Hall–Kier alpha value is -2.59. The zero-order valence-corrected chi connectivity index (χ0v) is 14.0. The van der Waals surface area contributed by atoms with E-state index in [1.54, 1.807) is 12.1 Å². The maximum Gasteiger partial charge on any atom is 0.0715 e. The minimum atomic E-state index is -1.16. The first-order valence-corrected chi connectivity index (χ1v) is 8.58. The number of aliphatic hydroxyl groups is 1. The molecule has 0 amide bonds. The molecule has 0 spiro atoms. The van der Waals surface area contributed by atoms with Crippen LogP contribution in [0.25, 0.3) is 0 Å². The maximum absolute atomic E-state index is 11.0. The van der Waals surface area contributed by atoms with E-state index in [-0.39, 0.29) is 24.1 Å². The third-order valence-electron chi connectivity index (χ3n) is 5.49. The van der Waals surface area contributed by atoms with Crippen molar-refractivity contribution in [3.63, 3.8) is 0 Å². The summed E-state index contributed by atoms with van der Waals surface area (Å²) in [5.41, 5.74) is 5.68. The van der Waals surface area contributed by atoms with Gasteiger partial charge >= 0.3 is 0 Å². The van der Waals surface area contributed by atoms with Crippen LogP contribution >= 0.6 is 0 Å². The first-order valence-electron chi connectivity index (χ1n) is 8.58. The van der Waals surface area contributed by atoms with Crippen LogP contribution in [0.15, 0.2) is 48.6 Å². The maximum atomic E-state index is 11.0. The van der Waals surface area contributed by atoms with Crippen molar-refractivity contribution in [3.8, 4) is 0 Å². The number of rotatable bonds is 3. The molecule has 0 fully saturated rings. The van der Waals surface area contributed by atoms with Crippen molar-refractivity contribution in [2.75, 3.05) is 5.32 Å². The lowest BCUT2D eigenvalue weighted by Crippen LogP contribution is -2.30. The molecule has 2 aliphatic rings. The second-order valence-corrected chi connectivity index (χ2v) is 6.87. The molecule has 128 valence electrons. The summed E-state index contributed by atoms with van der Waals surface area (Å²) in [6.45, 7) is 2.11. The van der Waals surface area contributed by atoms with E-state index < -0.39 is 5.97 Å². The van der Waals surface area contributed by atoms with Gasteiger partial charge in [0, 0.05) is 11.6 Å². The van der Waals surface area contributed by atoms with E-state index in [1.165, 1.54) is 5.56 Å². The highest BCUT2D eigenvalue weighted by Gasteiger charge is 2.39. The molecule has 0 saturated heterocycles. The first-order chi connectivity index (χ1) is 12.1. The second-order valence-electron chi connectivity index (χ2n) is 6.87. The number of allylic oxidation sites excluding steroid dienone is 2. The average Bonchev–Trinajstić information content (AvgIpc) is 3.11. The van der Waals surface area contributed by atoms with Gasteiger partial charge in [0.2, 0.25) is 0 Å². The molecule has 3 atom stereocenters. The van der Waals surface area contributed by atoms with Crippen molar-refractivity contribution >= 4 is 11.7 Å². The SMILES string of the molecule is Cc1ccc(CO)c2c1N[C@H](c1ccc(C(=O)[O-])cc1)[C@@H]1CC=C[C@H]21. The number of aromatic carboxylic acids is 1. The highest BCUT2D eigenvalue weighted by molar-refractivity contribution is 5.85. The summed E-state index contributed by atoms with van der Waals surface area (Å²) in [4.78, 5) is 11.0. The highest BCUT2D eigenvalue weighted by atomic mass is 16.4. The van der Waals surface area contributed by atoms with Gasteiger partial charge in [-0.15, -0.1) is 0 Å². The number of carboxylic acids is 1. The summed E-state index contributed by atoms with van der Waals surface area (Å²) >= 11 is 0. The van der Waals surface area contributed by atoms with Crippen molar-refractivity contribution < 1.29 is 15.0 Å². The molecular formula is C21H20NO3-. The van der Waals surface area contributed by atoms with E-state index in [9.17, 15) is 15.0 Å². The molecule has 2 aromatic rings. The van der Waals surface area contributed by atoms with Crippen molar-refractivity contribution in [3.05, 3.63) is 76.4 Å². The number of aliphatic hydroxyl groups excluding tert-OH is 1. The zero-order chi connectivity index (χ0) is 17.6. The Morgan fingerprint density at radius 2 is 2.00 bits per heavy atom. The Morgan fingerprint density at radius 3 is 2.68 bits per heavy atom. The first kappa shape index (κ1) is 15.9. The summed E-state index contributed by atoms with van der Waals surface area (Å²) < 4.78 is 0. The summed E-state index contributed by atoms with van der Waals surface area (Å²) in [6, 6.07) is 11.1. The number of hydrogen-bond acceptors (Lipinski definition) is 4. The Bertz CT molecular complexity index is 854. The van der Waals surface area contributed by atoms with Gasteiger partial charge in [0.25, 0.3) is 0 Å². The second kappa shape index (κ2) is 6.05. The van der Waals surface area contributed by atoms with E-state index in [0.717, 1.165) is 28.8 Å². The molecule has 1 aliphatic carbocycles. The van der Waals surface area contributed by atoms with E-state index in [0.29, 0.717) is 5.92 Å². The van der Waals surface area contributed by atoms with Gasteiger partial charge in [0.15, 0.2) is 0 Å². The molecule has 0 aromatic heterocycles. The van der Waals surface area contributed by atoms with E-state index in [2.05, 4.69) is 24.4 Å². The number of carbonyl (C=O) groups is 1. The van der Waals surface area contributed by atoms with Gasteiger partial charge in [-0.2, -0.15) is 0 Å². The molecule has 4 nitrogen and oxygen atoms in total. The fraction of sp³-hybridized carbons (Fsp3) is 0.286. The van der Waals surface area contributed by atoms with Gasteiger partial charge in [-0.25, -0.2) is 0 Å². The monoisotopic (exact) mass is 334 g/mol. The van der Waals surface area contributed by atoms with Gasteiger partial charge in [0.1, 0.15) is 0 Å². The van der Waals surface area contributed by atoms with Crippen molar-refractivity contribution in [2.24, 2.45) is 5.92 Å². The molecule has 0 unspecified atom stereocenters. The predicted octanol–water partition coefficient (Wildman–Crippen LogP) is 2.68. The van der Waals surface area contributed by atoms with Crippen molar-refractivity contribution in [1.82, 2.24) is 0 Å². The summed E-state index contributed by atoms with van der Waals surface area (Å²) in [7, 11) is 0. The molecule has 0 radical (unpaired) electrons. The van der Waals surface area contributed by atoms with Gasteiger partial charge in [-0.3, -0.25) is 0 Å². The average molecular weight is 334 g/mol. The van der Waals surface area contributed by atoms with Gasteiger partial charge in [0.05, 0.1) is 18.6 Å². The fourth-order valence-corrected chi connectivity index (χ4v) is 4.23. The summed E-state index contributed by atoms with van der Waals surface area (Å²) in [5.74, 6) is -0.533. The zero-order valence-electron chi connectivity index (χ0n) is 14.0. The highest BCUT2D eigenvalue weighted by Crippen LogP contribution is 2.51. The Balaban J connectivity index is 1.78. The Labute approximate surface area is 146 Å². The van der Waals surface area contributed by atoms with Gasteiger partial charge in [-0.05, 0) is 47.1 Å². The van der Waals surface area contributed by atoms with Crippen LogP contribution in [0.5, 0.6) is 0 Å². The molecule has 2 aromatic carbocycles. The predicted molar refractivity (Wildman–Crippen MR) is 94.2 cm³/mol. The van der Waals surface area contributed by atoms with Crippen LogP contribution < -0.4 is 10.4 Å². The lowest BCUT2D eigenvalue weighted by atomic mass is 9.75. The minimum Gasteiger partial charge on any atom is -0.545 e. The number of fused-ring (bicyclic) bond motifs is 3. The molecule has 25 heavy (non-hydrogen) atoms. The molecule has 0 bridgehead atoms. The number of carbonyl (C=O) groups excluding carboxylic acids is 1. The fourth-order valence-electron chi connectivity index (χ4n) is 4.23. The topological polar surface area (TPSA) is 72.4 Å². The van der Waals surface area contributed by atoms with Crippen LogP contribution in [-0.2, 0) is 6.61 Å². The number of anilines is 1. The number of aryl methyl sites for hydroxylation is 1. The number of carboxylic acid groups (broad SMARTS) is 1. The summed E-state index contributed by atoms with van der Waals surface area (Å²) in [6.07, 6.45) is 5.41. The van der Waals surface area contributed by atoms with Crippen molar-refractivity contribution in [1.29, 1.82) is 0 Å². The number of hydrogen-bond donors (Lipinski definition) is 2. The standard InChI is InChI=1S/C21H21NO3/c1-12-5-6-15(11-23)18-16-3-2-4-17(16)20(22-19(12)18)13-7-9-14(10-8-13)21(24)25/h2-3,5-10,16-17,20,22-23H,4,11H2,1H3,(H,24,25)/p-1/t16-,17+,20+/m0/s1. The molecule has 2 N–H and O–H groups in total. The van der Waals surface area contributed by atoms with Gasteiger partial charge < -0.3 is 20.3 Å². The molecule has 4 heteroatoms. The van der Waals surface area contributed by atoms with Crippen LogP contribution in [0.1, 0.15) is 51.0 Å². The third-order valence-corrected chi connectivity index (χ3v) is 5.49. The largest absolute Gasteiger partial charge is 0.545 e. The smallest absolute Gasteiger partial charge is 0.0715 e. The van der Waals surface area contributed by atoms with Crippen LogP contribution in [0.4, 0.5) is 5.69 Å². The van der Waals surface area contributed by atoms with Crippen LogP contribution in [0.3, 0.4) is 0 Å². The molecule has 1 heterocycles. The molecule has 4 rings (SSSR count). The summed E-state index contributed by atoms with van der Waals surface area (Å²) in [5, 5.41) is 24.4. The Kier molecular flexibility index (Phi) is 3.85. The Morgan fingerprint density at radius 1 is 1.24 bits per heavy atom. The quantitative estimate of drug-likeness (QED) is 0.847. The van der Waals surface area contributed by atoms with Crippen LogP contribution in [0, 0.1) is 12.8 Å². The van der Waals surface area contributed by atoms with E-state index in [1.807, 2.05) is 24.3 Å². The number of nitrogens with one attached hydrogen (secondary N) is 1. The normalized spacial score (nSPS) is 23.7. The molecular weight excluding hydrogens is 314 g/mol. The van der Waals surface area contributed by atoms with E-state index in [4.69, 9.17) is 0 Å². The third kappa shape index (κ3) is 2.53. The van der Waals surface area contributed by atoms with Crippen LogP contribution in [0.2, 0.25) is 0 Å². The molecule has 0 saturated carbocycles. The number of benzene rings is 2. The molecule has 1 aliphatic heterocycles. The van der Waals surface area contributed by atoms with Gasteiger partial charge in [-0.1, -0.05) is 48.6 Å². The van der Waals surface area contributed by atoms with Crippen molar-refractivity contribution in [2.45, 2.75) is 31.9 Å². The van der Waals surface area contributed by atoms with E-state index >= 15 is 0 Å². The lowest BCUT2D eigenvalue weighted by molar-refractivity contribution is -0.255. The minimum absolute atomic E-state index is 0.0341. The lowest BCUT2D eigenvalue weighted by Gasteiger charge is -2.39.